The van der Waals surface area contributed by atoms with Gasteiger partial charge in [-0.1, -0.05) is 20.8 Å². The van der Waals surface area contributed by atoms with Crippen LogP contribution in [0.2, 0.25) is 18.1 Å². The molecule has 0 fully saturated rings. The number of aliphatic hydroxyl groups is 1. The first-order valence-corrected chi connectivity index (χ1v) is 7.62. The van der Waals surface area contributed by atoms with E-state index in [1.165, 1.54) is 0 Å². The van der Waals surface area contributed by atoms with Gasteiger partial charge >= 0.3 is 0 Å². The van der Waals surface area contributed by atoms with Gasteiger partial charge in [-0.3, -0.25) is 0 Å². The van der Waals surface area contributed by atoms with E-state index in [4.69, 9.17) is 15.3 Å². The molecule has 0 heterocycles. The van der Waals surface area contributed by atoms with E-state index in [-0.39, 0.29) is 17.7 Å². The van der Waals surface area contributed by atoms with Gasteiger partial charge in [-0.15, -0.1) is 0 Å². The average molecular weight is 205 g/mol. The number of aliphatic hydroxyl groups excluding tert-OH is 1. The van der Waals surface area contributed by atoms with Crippen LogP contribution in [-0.2, 0) is 4.43 Å². The fourth-order valence-electron chi connectivity index (χ4n) is 0.585. The molecule has 1 unspecified atom stereocenters. The van der Waals surface area contributed by atoms with Crippen molar-refractivity contribution in [3.63, 3.8) is 0 Å². The second-order valence-corrected chi connectivity index (χ2v) is 9.82. The van der Waals surface area contributed by atoms with Crippen LogP contribution < -0.4 is 5.73 Å². The summed E-state index contributed by atoms with van der Waals surface area (Å²) in [6.45, 7) is 11.4. The summed E-state index contributed by atoms with van der Waals surface area (Å²) in [6, 6.07) is -0.242. The van der Waals surface area contributed by atoms with Gasteiger partial charge in [-0.25, -0.2) is 0 Å². The lowest BCUT2D eigenvalue weighted by Crippen LogP contribution is -2.44. The van der Waals surface area contributed by atoms with Crippen LogP contribution in [0.1, 0.15) is 20.8 Å². The third-order valence-corrected chi connectivity index (χ3v) is 7.20. The first kappa shape index (κ1) is 13.1. The lowest BCUT2D eigenvalue weighted by atomic mass is 10.2. The van der Waals surface area contributed by atoms with Crippen LogP contribution in [0.25, 0.3) is 0 Å². The molecule has 0 aromatic heterocycles. The molecular weight excluding hydrogens is 182 g/mol. The summed E-state index contributed by atoms with van der Waals surface area (Å²) >= 11 is 0. The molecule has 0 rings (SSSR count). The maximum absolute atomic E-state index is 8.74. The van der Waals surface area contributed by atoms with Crippen LogP contribution in [0.15, 0.2) is 0 Å². The van der Waals surface area contributed by atoms with E-state index in [9.17, 15) is 0 Å². The Bertz CT molecular complexity index is 154. The Morgan fingerprint density at radius 2 is 1.85 bits per heavy atom. The van der Waals surface area contributed by atoms with Gasteiger partial charge in [0.15, 0.2) is 8.32 Å². The average Bonchev–Trinajstić information content (AvgIpc) is 1.98. The number of hydrogen-bond donors (Lipinski definition) is 2. The third kappa shape index (κ3) is 4.22. The van der Waals surface area contributed by atoms with Gasteiger partial charge < -0.3 is 15.3 Å². The molecule has 3 N–H and O–H groups in total. The fraction of sp³-hybridized carbons (Fsp3) is 1.00. The molecule has 0 amide bonds. The normalized spacial score (nSPS) is 15.9. The molecule has 0 aromatic rings. The van der Waals surface area contributed by atoms with Gasteiger partial charge in [0.25, 0.3) is 0 Å². The highest BCUT2D eigenvalue weighted by molar-refractivity contribution is 6.74. The Hall–Kier alpha value is 0.0969. The quantitative estimate of drug-likeness (QED) is 0.681. The first-order chi connectivity index (χ1) is 5.70. The van der Waals surface area contributed by atoms with E-state index in [2.05, 4.69) is 33.9 Å². The van der Waals surface area contributed by atoms with Crippen molar-refractivity contribution in [2.45, 2.75) is 44.9 Å². The Morgan fingerprint density at radius 1 is 1.38 bits per heavy atom. The van der Waals surface area contributed by atoms with Crippen molar-refractivity contribution in [1.82, 2.24) is 0 Å². The van der Waals surface area contributed by atoms with Gasteiger partial charge in [-0.05, 0) is 18.1 Å². The molecule has 0 saturated heterocycles. The standard InChI is InChI=1S/C9H23NO2Si/c1-9(2,3)13(4,5)12-7-8(10)6-11/h8,11H,6-7,10H2,1-5H3. The lowest BCUT2D eigenvalue weighted by Gasteiger charge is -2.36. The lowest BCUT2D eigenvalue weighted by molar-refractivity contribution is 0.196. The summed E-state index contributed by atoms with van der Waals surface area (Å²) in [7, 11) is -1.68. The highest BCUT2D eigenvalue weighted by Gasteiger charge is 2.37. The topological polar surface area (TPSA) is 55.5 Å². The van der Waals surface area contributed by atoms with E-state index >= 15 is 0 Å². The Labute approximate surface area is 82.4 Å². The summed E-state index contributed by atoms with van der Waals surface area (Å²) in [5.74, 6) is 0. The van der Waals surface area contributed by atoms with Gasteiger partial charge in [0.05, 0.1) is 13.2 Å². The second kappa shape index (κ2) is 4.55. The molecule has 0 bridgehead atoms. The van der Waals surface area contributed by atoms with Gasteiger partial charge in [-0.2, -0.15) is 0 Å². The maximum atomic E-state index is 8.74. The molecular formula is C9H23NO2Si. The van der Waals surface area contributed by atoms with E-state index in [0.717, 1.165) is 0 Å². The highest BCUT2D eigenvalue weighted by atomic mass is 28.4. The van der Waals surface area contributed by atoms with Gasteiger partial charge in [0.1, 0.15) is 0 Å². The molecule has 0 spiro atoms. The predicted octanol–water partition coefficient (Wildman–Crippen LogP) is 1.33. The molecule has 80 valence electrons. The molecule has 3 nitrogen and oxygen atoms in total. The van der Waals surface area contributed by atoms with E-state index < -0.39 is 8.32 Å². The SMILES string of the molecule is CC(C)(C)[Si](C)(C)OCC(N)CO. The molecule has 0 aromatic carbocycles. The minimum atomic E-state index is -1.68. The van der Waals surface area contributed by atoms with E-state index in [1.807, 2.05) is 0 Å². The van der Waals surface area contributed by atoms with Crippen molar-refractivity contribution < 1.29 is 9.53 Å². The van der Waals surface area contributed by atoms with Crippen molar-refractivity contribution in [3.05, 3.63) is 0 Å². The molecule has 0 saturated carbocycles. The van der Waals surface area contributed by atoms with Crippen molar-refractivity contribution in [1.29, 1.82) is 0 Å². The van der Waals surface area contributed by atoms with Crippen molar-refractivity contribution in [2.24, 2.45) is 5.73 Å². The first-order valence-electron chi connectivity index (χ1n) is 4.71. The monoisotopic (exact) mass is 205 g/mol. The van der Waals surface area contributed by atoms with Crippen LogP contribution in [0.4, 0.5) is 0 Å². The summed E-state index contributed by atoms with van der Waals surface area (Å²) in [5, 5.41) is 8.96. The number of rotatable bonds is 4. The van der Waals surface area contributed by atoms with Crippen LogP contribution in [0.5, 0.6) is 0 Å². The van der Waals surface area contributed by atoms with Crippen molar-refractivity contribution >= 4 is 8.32 Å². The Balaban J connectivity index is 4.04. The zero-order chi connectivity index (χ0) is 10.7. The number of hydrogen-bond acceptors (Lipinski definition) is 3. The van der Waals surface area contributed by atoms with E-state index in [1.54, 1.807) is 0 Å². The molecule has 1 atom stereocenters. The number of nitrogens with two attached hydrogens (primary N) is 1. The molecule has 13 heavy (non-hydrogen) atoms. The molecule has 0 aliphatic rings. The Kier molecular flexibility index (Phi) is 4.58. The van der Waals surface area contributed by atoms with Crippen molar-refractivity contribution in [3.8, 4) is 0 Å². The summed E-state index contributed by atoms with van der Waals surface area (Å²) in [5.41, 5.74) is 5.57. The van der Waals surface area contributed by atoms with Crippen LogP contribution in [0.3, 0.4) is 0 Å². The summed E-state index contributed by atoms with van der Waals surface area (Å²) in [4.78, 5) is 0. The summed E-state index contributed by atoms with van der Waals surface area (Å²) in [6.07, 6.45) is 0. The minimum absolute atomic E-state index is 0.00533. The van der Waals surface area contributed by atoms with Crippen molar-refractivity contribution in [2.75, 3.05) is 13.2 Å². The predicted molar refractivity (Wildman–Crippen MR) is 58.2 cm³/mol. The second-order valence-electron chi connectivity index (χ2n) is 5.01. The zero-order valence-corrected chi connectivity index (χ0v) is 10.4. The smallest absolute Gasteiger partial charge is 0.192 e. The van der Waals surface area contributed by atoms with Gasteiger partial charge in [0, 0.05) is 6.04 Å². The molecule has 0 radical (unpaired) electrons. The van der Waals surface area contributed by atoms with Crippen LogP contribution >= 0.6 is 0 Å². The largest absolute Gasteiger partial charge is 0.415 e. The molecule has 0 aliphatic heterocycles. The molecule has 0 aliphatic carbocycles. The van der Waals surface area contributed by atoms with E-state index in [0.29, 0.717) is 6.61 Å². The molecule has 4 heteroatoms. The fourth-order valence-corrected chi connectivity index (χ4v) is 1.65. The summed E-state index contributed by atoms with van der Waals surface area (Å²) < 4.78 is 5.80. The van der Waals surface area contributed by atoms with Crippen LogP contribution in [-0.4, -0.2) is 32.7 Å². The van der Waals surface area contributed by atoms with Crippen LogP contribution in [0, 0.1) is 0 Å². The maximum Gasteiger partial charge on any atom is 0.192 e. The third-order valence-electron chi connectivity index (χ3n) is 2.70. The highest BCUT2D eigenvalue weighted by Crippen LogP contribution is 2.36. The van der Waals surface area contributed by atoms with Gasteiger partial charge in [0.2, 0.25) is 0 Å². The zero-order valence-electron chi connectivity index (χ0n) is 9.42. The Morgan fingerprint density at radius 3 is 2.15 bits per heavy atom. The minimum Gasteiger partial charge on any atom is -0.415 e.